The second-order valence-corrected chi connectivity index (χ2v) is 10.4. The highest BCUT2D eigenvalue weighted by atomic mass is 35.5. The Morgan fingerprint density at radius 2 is 1.91 bits per heavy atom. The molecule has 0 fully saturated rings. The van der Waals surface area contributed by atoms with Crippen LogP contribution in [-0.4, -0.2) is 19.3 Å². The smallest absolute Gasteiger partial charge is 0.241 e. The normalized spacial score (nSPS) is 11.3. The Hall–Kier alpha value is -3.24. The Balaban J connectivity index is 1.57. The molecule has 0 unspecified atom stereocenters. The van der Waals surface area contributed by atoms with Crippen LogP contribution in [0.2, 0.25) is 5.02 Å². The van der Waals surface area contributed by atoms with Crippen LogP contribution >= 0.6 is 22.9 Å². The van der Waals surface area contributed by atoms with Gasteiger partial charge >= 0.3 is 0 Å². The maximum atomic E-state index is 12.5. The molecule has 4 rings (SSSR count). The molecule has 1 amide bonds. The molecule has 0 aliphatic heterocycles. The number of thiazole rings is 1. The van der Waals surface area contributed by atoms with E-state index in [1.54, 1.807) is 48.5 Å². The summed E-state index contributed by atoms with van der Waals surface area (Å²) in [6.07, 6.45) is 0.0333. The van der Waals surface area contributed by atoms with Crippen molar-refractivity contribution in [2.45, 2.75) is 18.2 Å². The standard InChI is InChI=1S/C24H20ClN3O4S2/c1-15-27-21(14-33-15)17-6-4-7-19(11-17)32-22-10-9-18(13-23(22)34(26,30)31)28-24(29)12-16-5-2-3-8-20(16)25/h2-11,13-14H,12H2,1H3,(H,28,29)(H2,26,30,31). The number of anilines is 1. The number of ether oxygens (including phenoxy) is 1. The van der Waals surface area contributed by atoms with Crippen molar-refractivity contribution in [1.82, 2.24) is 4.98 Å². The molecule has 1 heterocycles. The fourth-order valence-electron chi connectivity index (χ4n) is 3.25. The number of sulfonamides is 1. The number of benzene rings is 3. The zero-order valence-electron chi connectivity index (χ0n) is 18.0. The SMILES string of the molecule is Cc1nc(-c2cccc(Oc3ccc(NC(=O)Cc4ccccc4Cl)cc3S(N)(=O)=O)c2)cs1. The van der Waals surface area contributed by atoms with Crippen molar-refractivity contribution in [2.24, 2.45) is 5.14 Å². The highest BCUT2D eigenvalue weighted by molar-refractivity contribution is 7.89. The number of amides is 1. The number of carbonyl (C=O) groups is 1. The highest BCUT2D eigenvalue weighted by Gasteiger charge is 2.18. The number of nitrogens with one attached hydrogen (secondary N) is 1. The zero-order chi connectivity index (χ0) is 24.3. The van der Waals surface area contributed by atoms with Crippen molar-refractivity contribution in [3.8, 4) is 22.8 Å². The van der Waals surface area contributed by atoms with Gasteiger partial charge in [-0.3, -0.25) is 4.79 Å². The van der Waals surface area contributed by atoms with Crippen molar-refractivity contribution in [1.29, 1.82) is 0 Å². The van der Waals surface area contributed by atoms with E-state index in [-0.39, 0.29) is 28.7 Å². The molecule has 3 aromatic carbocycles. The quantitative estimate of drug-likeness (QED) is 0.344. The topological polar surface area (TPSA) is 111 Å². The van der Waals surface area contributed by atoms with Crippen LogP contribution in [0.3, 0.4) is 0 Å². The molecule has 0 atom stereocenters. The number of aromatic nitrogens is 1. The molecule has 7 nitrogen and oxygen atoms in total. The Morgan fingerprint density at radius 3 is 2.62 bits per heavy atom. The van der Waals surface area contributed by atoms with Crippen molar-refractivity contribution in [3.63, 3.8) is 0 Å². The van der Waals surface area contributed by atoms with E-state index >= 15 is 0 Å². The summed E-state index contributed by atoms with van der Waals surface area (Å²) in [4.78, 5) is 16.7. The molecule has 34 heavy (non-hydrogen) atoms. The molecule has 0 saturated carbocycles. The van der Waals surface area contributed by atoms with Gasteiger partial charge in [-0.1, -0.05) is 41.9 Å². The maximum absolute atomic E-state index is 12.5. The molecule has 10 heteroatoms. The first-order valence-corrected chi connectivity index (χ1v) is 12.9. The maximum Gasteiger partial charge on any atom is 0.241 e. The number of rotatable bonds is 7. The van der Waals surface area contributed by atoms with Crippen LogP contribution in [0.4, 0.5) is 5.69 Å². The van der Waals surface area contributed by atoms with E-state index < -0.39 is 10.0 Å². The van der Waals surface area contributed by atoms with E-state index in [0.717, 1.165) is 16.3 Å². The second kappa shape index (κ2) is 9.94. The van der Waals surface area contributed by atoms with Gasteiger partial charge in [0.2, 0.25) is 15.9 Å². The fraction of sp³-hybridized carbons (Fsp3) is 0.0833. The Morgan fingerprint density at radius 1 is 1.12 bits per heavy atom. The molecular formula is C24H20ClN3O4S2. The van der Waals surface area contributed by atoms with E-state index in [9.17, 15) is 13.2 Å². The fourth-order valence-corrected chi connectivity index (χ4v) is 4.76. The predicted molar refractivity (Wildman–Crippen MR) is 134 cm³/mol. The van der Waals surface area contributed by atoms with Crippen LogP contribution in [0.1, 0.15) is 10.6 Å². The third kappa shape index (κ3) is 5.81. The van der Waals surface area contributed by atoms with Crippen molar-refractivity contribution in [2.75, 3.05) is 5.32 Å². The zero-order valence-corrected chi connectivity index (χ0v) is 20.4. The summed E-state index contributed by atoms with van der Waals surface area (Å²) in [6.45, 7) is 1.92. The number of halogens is 1. The minimum atomic E-state index is -4.14. The number of primary sulfonamides is 1. The summed E-state index contributed by atoms with van der Waals surface area (Å²) >= 11 is 7.64. The predicted octanol–water partition coefficient (Wildman–Crippen LogP) is 5.39. The van der Waals surface area contributed by atoms with Gasteiger partial charge in [0.05, 0.1) is 17.1 Å². The minimum Gasteiger partial charge on any atom is -0.456 e. The van der Waals surface area contributed by atoms with Crippen molar-refractivity contribution >= 4 is 44.6 Å². The van der Waals surface area contributed by atoms with Gasteiger partial charge in [0, 0.05) is 21.7 Å². The summed E-state index contributed by atoms with van der Waals surface area (Å²) in [5, 5.41) is 11.4. The number of carbonyl (C=O) groups excluding carboxylic acids is 1. The number of hydrogen-bond acceptors (Lipinski definition) is 6. The average Bonchev–Trinajstić information content (AvgIpc) is 3.22. The lowest BCUT2D eigenvalue weighted by Gasteiger charge is -2.13. The molecule has 0 radical (unpaired) electrons. The van der Waals surface area contributed by atoms with Gasteiger partial charge in [0.15, 0.2) is 0 Å². The number of nitrogens with two attached hydrogens (primary N) is 1. The summed E-state index contributed by atoms with van der Waals surface area (Å²) in [5.41, 5.74) is 2.56. The average molecular weight is 514 g/mol. The molecule has 3 N–H and O–H groups in total. The number of aryl methyl sites for hydroxylation is 1. The lowest BCUT2D eigenvalue weighted by Crippen LogP contribution is -2.17. The molecule has 0 aliphatic rings. The Labute approximate surface area is 206 Å². The van der Waals surface area contributed by atoms with E-state index in [1.165, 1.54) is 23.5 Å². The van der Waals surface area contributed by atoms with E-state index in [4.69, 9.17) is 21.5 Å². The Kier molecular flexibility index (Phi) is 6.99. The lowest BCUT2D eigenvalue weighted by atomic mass is 10.1. The van der Waals surface area contributed by atoms with Gasteiger partial charge in [0.25, 0.3) is 0 Å². The first kappa shape index (κ1) is 23.9. The van der Waals surface area contributed by atoms with E-state index in [0.29, 0.717) is 16.3 Å². The van der Waals surface area contributed by atoms with Crippen LogP contribution in [0.5, 0.6) is 11.5 Å². The van der Waals surface area contributed by atoms with Gasteiger partial charge in [-0.05, 0) is 48.9 Å². The summed E-state index contributed by atoms with van der Waals surface area (Å²) in [6, 6.07) is 18.4. The van der Waals surface area contributed by atoms with Gasteiger partial charge in [0.1, 0.15) is 16.4 Å². The van der Waals surface area contributed by atoms with Gasteiger partial charge in [-0.25, -0.2) is 18.5 Å². The van der Waals surface area contributed by atoms with Crippen LogP contribution < -0.4 is 15.2 Å². The monoisotopic (exact) mass is 513 g/mol. The minimum absolute atomic E-state index is 0.0333. The van der Waals surface area contributed by atoms with E-state index in [2.05, 4.69) is 10.3 Å². The summed E-state index contributed by atoms with van der Waals surface area (Å²) < 4.78 is 30.4. The molecule has 174 valence electrons. The summed E-state index contributed by atoms with van der Waals surface area (Å²) in [5.74, 6) is 0.107. The molecule has 4 aromatic rings. The lowest BCUT2D eigenvalue weighted by molar-refractivity contribution is -0.115. The van der Waals surface area contributed by atoms with Crippen LogP contribution in [0, 0.1) is 6.92 Å². The largest absolute Gasteiger partial charge is 0.456 e. The molecule has 1 aromatic heterocycles. The highest BCUT2D eigenvalue weighted by Crippen LogP contribution is 2.33. The first-order valence-electron chi connectivity index (χ1n) is 10.1. The van der Waals surface area contributed by atoms with Gasteiger partial charge in [-0.2, -0.15) is 0 Å². The van der Waals surface area contributed by atoms with E-state index in [1.807, 2.05) is 18.4 Å². The van der Waals surface area contributed by atoms with Crippen LogP contribution in [-0.2, 0) is 21.2 Å². The van der Waals surface area contributed by atoms with Crippen LogP contribution in [0.15, 0.2) is 77.0 Å². The Bertz CT molecular complexity index is 1470. The van der Waals surface area contributed by atoms with Crippen LogP contribution in [0.25, 0.3) is 11.3 Å². The molecule has 0 saturated heterocycles. The van der Waals surface area contributed by atoms with Gasteiger partial charge in [-0.15, -0.1) is 11.3 Å². The second-order valence-electron chi connectivity index (χ2n) is 7.40. The molecule has 0 spiro atoms. The summed E-state index contributed by atoms with van der Waals surface area (Å²) in [7, 11) is -4.14. The van der Waals surface area contributed by atoms with Crippen molar-refractivity contribution < 1.29 is 17.9 Å². The number of hydrogen-bond donors (Lipinski definition) is 2. The first-order chi connectivity index (χ1) is 16.2. The molecule has 0 aliphatic carbocycles. The third-order valence-electron chi connectivity index (χ3n) is 4.82. The molecular weight excluding hydrogens is 494 g/mol. The van der Waals surface area contributed by atoms with Gasteiger partial charge < -0.3 is 10.1 Å². The third-order valence-corrected chi connectivity index (χ3v) is 6.89. The van der Waals surface area contributed by atoms with Crippen molar-refractivity contribution in [3.05, 3.63) is 87.7 Å². The molecule has 0 bridgehead atoms. The number of nitrogens with zero attached hydrogens (tertiary/aromatic N) is 1.